The van der Waals surface area contributed by atoms with Gasteiger partial charge in [-0.3, -0.25) is 14.4 Å². The number of allylic oxidation sites excluding steroid dienone is 1. The molecule has 43 heavy (non-hydrogen) atoms. The Morgan fingerprint density at radius 3 is 2.44 bits per heavy atom. The fraction of sp³-hybridized carbons (Fsp3) is 0.270. The summed E-state index contributed by atoms with van der Waals surface area (Å²) >= 11 is 1.37. The monoisotopic (exact) mass is 586 g/mol. The molecular formula is C37H34N2O3S. The highest BCUT2D eigenvalue weighted by Crippen LogP contribution is 2.58. The number of carbonyl (C=O) groups excluding carboxylic acids is 3. The van der Waals surface area contributed by atoms with Crippen molar-refractivity contribution >= 4 is 45.8 Å². The molecule has 1 amide bonds. The second-order valence-corrected chi connectivity index (χ2v) is 12.8. The summed E-state index contributed by atoms with van der Waals surface area (Å²) in [5.41, 5.74) is 4.81. The van der Waals surface area contributed by atoms with Crippen LogP contribution < -0.4 is 10.2 Å². The van der Waals surface area contributed by atoms with Gasteiger partial charge in [-0.1, -0.05) is 92.6 Å². The number of ketones is 2. The molecule has 216 valence electrons. The molecule has 3 aliphatic rings. The topological polar surface area (TPSA) is 66.5 Å². The van der Waals surface area contributed by atoms with Crippen LogP contribution in [-0.2, 0) is 16.6 Å². The van der Waals surface area contributed by atoms with Crippen LogP contribution in [0, 0.1) is 5.92 Å². The summed E-state index contributed by atoms with van der Waals surface area (Å²) in [7, 11) is 0. The van der Waals surface area contributed by atoms with E-state index in [9.17, 15) is 14.4 Å². The van der Waals surface area contributed by atoms with E-state index >= 15 is 0 Å². The van der Waals surface area contributed by atoms with E-state index in [2.05, 4.69) is 23.2 Å². The minimum Gasteiger partial charge on any atom is -0.352 e. The lowest BCUT2D eigenvalue weighted by molar-refractivity contribution is -0.121. The summed E-state index contributed by atoms with van der Waals surface area (Å²) in [5.74, 6) is -1.49. The molecule has 0 bridgehead atoms. The highest BCUT2D eigenvalue weighted by molar-refractivity contribution is 7.12. The average Bonchev–Trinajstić information content (AvgIpc) is 3.74. The van der Waals surface area contributed by atoms with Crippen LogP contribution in [0.25, 0.3) is 5.57 Å². The molecule has 6 heteroatoms. The normalized spacial score (nSPS) is 23.4. The number of amides is 1. The largest absolute Gasteiger partial charge is 0.352 e. The first-order chi connectivity index (χ1) is 21.0. The number of thiophene rings is 1. The molecule has 4 aromatic rings. The van der Waals surface area contributed by atoms with Gasteiger partial charge < -0.3 is 10.2 Å². The Kier molecular flexibility index (Phi) is 6.89. The van der Waals surface area contributed by atoms with E-state index in [1.54, 1.807) is 0 Å². The molecule has 3 aromatic carbocycles. The van der Waals surface area contributed by atoms with E-state index in [0.29, 0.717) is 16.1 Å². The summed E-state index contributed by atoms with van der Waals surface area (Å²) in [6, 6.07) is 25.8. The number of anilines is 2. The second-order valence-electron chi connectivity index (χ2n) is 11.9. The standard InChI is InChI=1S/C37H34N2O3S/c1-3-4-5-11-24-17-19-25(20-18-24)34(40)32-33(35(41)30-16-10-21-43-30)39-29-15-9-6-12-26(29)23(2)22-31(39)37(32)27-13-7-8-14-28(27)38-36(37)42/h6-10,12-22,31-33H,3-5,11H2,1-2H3,(H,38,42)/t31-,32+,33+,37+/m1/s1. The van der Waals surface area contributed by atoms with Gasteiger partial charge in [-0.15, -0.1) is 11.3 Å². The molecule has 0 aliphatic carbocycles. The molecule has 1 N–H and O–H groups in total. The van der Waals surface area contributed by atoms with Crippen molar-refractivity contribution in [2.24, 2.45) is 5.92 Å². The fourth-order valence-corrected chi connectivity index (χ4v) is 8.24. The second kappa shape index (κ2) is 10.8. The first-order valence-corrected chi connectivity index (χ1v) is 16.0. The summed E-state index contributed by atoms with van der Waals surface area (Å²) in [5, 5.41) is 5.00. The van der Waals surface area contributed by atoms with E-state index < -0.39 is 23.4 Å². The molecule has 0 unspecified atom stereocenters. The Labute approximate surface area is 256 Å². The third-order valence-corrected chi connectivity index (χ3v) is 10.4. The van der Waals surface area contributed by atoms with Gasteiger partial charge >= 0.3 is 0 Å². The molecule has 0 radical (unpaired) electrons. The van der Waals surface area contributed by atoms with Crippen LogP contribution >= 0.6 is 11.3 Å². The Hall–Kier alpha value is -4.29. The molecule has 5 nitrogen and oxygen atoms in total. The zero-order valence-electron chi connectivity index (χ0n) is 24.4. The number of aryl methyl sites for hydroxylation is 1. The number of fused-ring (bicyclic) bond motifs is 6. The molecular weight excluding hydrogens is 552 g/mol. The number of nitrogens with one attached hydrogen (secondary N) is 1. The van der Waals surface area contributed by atoms with E-state index in [1.165, 1.54) is 16.9 Å². The van der Waals surface area contributed by atoms with Crippen molar-refractivity contribution in [3.05, 3.63) is 124 Å². The molecule has 1 fully saturated rings. The Bertz CT molecular complexity index is 1760. The van der Waals surface area contributed by atoms with Crippen LogP contribution in [0.15, 0.2) is 96.4 Å². The van der Waals surface area contributed by atoms with Crippen molar-refractivity contribution in [3.63, 3.8) is 0 Å². The fourth-order valence-electron chi connectivity index (χ4n) is 7.55. The van der Waals surface area contributed by atoms with Gasteiger partial charge in [-0.05, 0) is 60.0 Å². The van der Waals surface area contributed by atoms with Gasteiger partial charge in [0.15, 0.2) is 11.6 Å². The number of hydrogen-bond acceptors (Lipinski definition) is 5. The number of para-hydroxylation sites is 2. The Morgan fingerprint density at radius 2 is 1.67 bits per heavy atom. The first-order valence-electron chi connectivity index (χ1n) is 15.1. The average molecular weight is 587 g/mol. The summed E-state index contributed by atoms with van der Waals surface area (Å²) in [6.07, 6.45) is 6.48. The number of Topliss-reactive ketones (excluding diaryl/α,β-unsaturated/α-hetero) is 2. The maximum Gasteiger partial charge on any atom is 0.238 e. The van der Waals surface area contributed by atoms with Crippen LogP contribution in [0.4, 0.5) is 11.4 Å². The zero-order chi connectivity index (χ0) is 29.7. The molecule has 0 saturated carbocycles. The van der Waals surface area contributed by atoms with Gasteiger partial charge in [-0.25, -0.2) is 0 Å². The van der Waals surface area contributed by atoms with E-state index in [0.717, 1.165) is 48.1 Å². The Balaban J connectivity index is 1.45. The lowest BCUT2D eigenvalue weighted by Gasteiger charge is -2.39. The van der Waals surface area contributed by atoms with Crippen LogP contribution in [0.1, 0.15) is 69.8 Å². The molecule has 7 rings (SSSR count). The van der Waals surface area contributed by atoms with E-state index in [1.807, 2.05) is 97.2 Å². The lowest BCUT2D eigenvalue weighted by atomic mass is 9.64. The molecule has 4 heterocycles. The maximum absolute atomic E-state index is 15.0. The van der Waals surface area contributed by atoms with Crippen molar-refractivity contribution in [2.75, 3.05) is 10.2 Å². The van der Waals surface area contributed by atoms with Gasteiger partial charge in [0.05, 0.1) is 16.8 Å². The molecule has 1 spiro atoms. The van der Waals surface area contributed by atoms with E-state index in [-0.39, 0.29) is 17.5 Å². The SMILES string of the molecule is CCCCCc1ccc(C(=O)[C@@H]2[C@@H](C(=O)c3cccs3)N3c4ccccc4C(C)=C[C@@H]3[C@]23C(=O)Nc2ccccc23)cc1. The van der Waals surface area contributed by atoms with Gasteiger partial charge in [0.2, 0.25) is 5.91 Å². The molecule has 1 saturated heterocycles. The highest BCUT2D eigenvalue weighted by atomic mass is 32.1. The smallest absolute Gasteiger partial charge is 0.238 e. The minimum absolute atomic E-state index is 0.133. The third-order valence-electron chi connectivity index (χ3n) is 9.51. The highest BCUT2D eigenvalue weighted by Gasteiger charge is 2.70. The Morgan fingerprint density at radius 1 is 0.907 bits per heavy atom. The third kappa shape index (κ3) is 4.14. The molecule has 4 atom stereocenters. The number of unbranched alkanes of at least 4 members (excludes halogenated alkanes) is 2. The number of carbonyl (C=O) groups is 3. The van der Waals surface area contributed by atoms with Crippen molar-refractivity contribution in [2.45, 2.75) is 57.0 Å². The van der Waals surface area contributed by atoms with Crippen molar-refractivity contribution < 1.29 is 14.4 Å². The van der Waals surface area contributed by atoms with Crippen LogP contribution in [0.3, 0.4) is 0 Å². The lowest BCUT2D eigenvalue weighted by Crippen LogP contribution is -2.51. The van der Waals surface area contributed by atoms with E-state index in [4.69, 9.17) is 0 Å². The van der Waals surface area contributed by atoms with Crippen LogP contribution in [-0.4, -0.2) is 29.6 Å². The summed E-state index contributed by atoms with van der Waals surface area (Å²) < 4.78 is 0. The number of nitrogens with zero attached hydrogens (tertiary/aromatic N) is 1. The van der Waals surface area contributed by atoms with Gasteiger partial charge in [0.1, 0.15) is 11.5 Å². The van der Waals surface area contributed by atoms with Gasteiger partial charge in [0.25, 0.3) is 0 Å². The molecule has 1 aromatic heterocycles. The van der Waals surface area contributed by atoms with Crippen molar-refractivity contribution in [1.82, 2.24) is 0 Å². The van der Waals surface area contributed by atoms with Crippen LogP contribution in [0.2, 0.25) is 0 Å². The van der Waals surface area contributed by atoms with Crippen molar-refractivity contribution in [3.8, 4) is 0 Å². The summed E-state index contributed by atoms with van der Waals surface area (Å²) in [6.45, 7) is 4.23. The predicted octanol–water partition coefficient (Wildman–Crippen LogP) is 7.73. The molecule has 3 aliphatic heterocycles. The van der Waals surface area contributed by atoms with Gasteiger partial charge in [0, 0.05) is 22.5 Å². The number of benzene rings is 3. The minimum atomic E-state index is -1.29. The number of hydrogen-bond donors (Lipinski definition) is 1. The zero-order valence-corrected chi connectivity index (χ0v) is 25.2. The van der Waals surface area contributed by atoms with Crippen LogP contribution in [0.5, 0.6) is 0 Å². The maximum atomic E-state index is 15.0. The quantitative estimate of drug-likeness (QED) is 0.170. The van der Waals surface area contributed by atoms with Gasteiger partial charge in [-0.2, -0.15) is 0 Å². The predicted molar refractivity (Wildman–Crippen MR) is 173 cm³/mol. The van der Waals surface area contributed by atoms with Crippen molar-refractivity contribution in [1.29, 1.82) is 0 Å². The summed E-state index contributed by atoms with van der Waals surface area (Å²) in [4.78, 5) is 46.8. The first kappa shape index (κ1) is 27.5. The number of rotatable bonds is 8.